The Kier molecular flexibility index (Phi) is 1.80. The minimum absolute atomic E-state index is 0.338. The fraction of sp³-hybridized carbons (Fsp3) is 0. The van der Waals surface area contributed by atoms with Gasteiger partial charge in [0.1, 0.15) is 0 Å². The highest BCUT2D eigenvalue weighted by molar-refractivity contribution is 6.29. The summed E-state index contributed by atoms with van der Waals surface area (Å²) in [6.45, 7) is 0. The van der Waals surface area contributed by atoms with E-state index in [1.165, 1.54) is 0 Å². The maximum Gasteiger partial charge on any atom is 0.250 e. The van der Waals surface area contributed by atoms with Gasteiger partial charge in [0, 0.05) is 6.07 Å². The topological polar surface area (TPSA) is 12.9 Å². The molecule has 1 aromatic heterocycles. The van der Waals surface area contributed by atoms with E-state index in [9.17, 15) is 13.2 Å². The molecule has 0 bridgehead atoms. The van der Waals surface area contributed by atoms with E-state index in [1.807, 2.05) is 0 Å². The molecule has 10 heavy (non-hydrogen) atoms. The van der Waals surface area contributed by atoms with Gasteiger partial charge in [-0.2, -0.15) is 4.39 Å². The molecule has 0 atom stereocenters. The minimum Gasteiger partial charge on any atom is -0.203 e. The van der Waals surface area contributed by atoms with Crippen LogP contribution in [0.4, 0.5) is 13.2 Å². The molecular weight excluding hydrogens is 167 g/mol. The summed E-state index contributed by atoms with van der Waals surface area (Å²) in [5.74, 6) is -3.81. The van der Waals surface area contributed by atoms with Crippen molar-refractivity contribution in [3.05, 3.63) is 28.8 Å². The third-order valence-corrected chi connectivity index (χ3v) is 1.11. The van der Waals surface area contributed by atoms with Gasteiger partial charge in [-0.05, 0) is 0 Å². The van der Waals surface area contributed by atoms with Crippen molar-refractivity contribution in [2.24, 2.45) is 0 Å². The van der Waals surface area contributed by atoms with Gasteiger partial charge in [0.15, 0.2) is 16.8 Å². The van der Waals surface area contributed by atoms with Crippen LogP contribution in [0, 0.1) is 17.6 Å². The highest BCUT2D eigenvalue weighted by Gasteiger charge is 2.08. The SMILES string of the molecule is Fc1cc(F)c(Cl)nc1F. The number of aromatic nitrogens is 1. The van der Waals surface area contributed by atoms with Crippen molar-refractivity contribution in [2.45, 2.75) is 0 Å². The number of nitrogens with zero attached hydrogens (tertiary/aromatic N) is 1. The van der Waals surface area contributed by atoms with Gasteiger partial charge >= 0.3 is 0 Å². The lowest BCUT2D eigenvalue weighted by Gasteiger charge is -1.92. The highest BCUT2D eigenvalue weighted by atomic mass is 35.5. The van der Waals surface area contributed by atoms with Crippen LogP contribution in [0.2, 0.25) is 5.15 Å². The normalized spacial score (nSPS) is 10.0. The van der Waals surface area contributed by atoms with Gasteiger partial charge in [0.25, 0.3) is 5.95 Å². The maximum atomic E-state index is 12.2. The molecule has 1 nitrogen and oxygen atoms in total. The van der Waals surface area contributed by atoms with Crippen molar-refractivity contribution in [3.8, 4) is 0 Å². The largest absolute Gasteiger partial charge is 0.250 e. The first-order valence-corrected chi connectivity index (χ1v) is 2.66. The summed E-state index contributed by atoms with van der Waals surface area (Å²) < 4.78 is 36.2. The van der Waals surface area contributed by atoms with E-state index in [-0.39, 0.29) is 0 Å². The molecule has 1 aromatic rings. The second-order valence-corrected chi connectivity index (χ2v) is 1.89. The molecule has 0 spiro atoms. The fourth-order valence-corrected chi connectivity index (χ4v) is 0.552. The van der Waals surface area contributed by atoms with Gasteiger partial charge in [-0.25, -0.2) is 13.8 Å². The van der Waals surface area contributed by atoms with Gasteiger partial charge < -0.3 is 0 Å². The lowest BCUT2D eigenvalue weighted by atomic mass is 10.4. The van der Waals surface area contributed by atoms with Crippen molar-refractivity contribution in [3.63, 3.8) is 0 Å². The predicted molar refractivity (Wildman–Crippen MR) is 29.1 cm³/mol. The quantitative estimate of drug-likeness (QED) is 0.540. The lowest BCUT2D eigenvalue weighted by molar-refractivity contribution is 0.464. The van der Waals surface area contributed by atoms with E-state index < -0.39 is 22.7 Å². The molecule has 0 unspecified atom stereocenters. The van der Waals surface area contributed by atoms with E-state index in [1.54, 1.807) is 0 Å². The molecule has 5 heteroatoms. The zero-order chi connectivity index (χ0) is 7.72. The Morgan fingerprint density at radius 3 is 2.30 bits per heavy atom. The van der Waals surface area contributed by atoms with Crippen LogP contribution < -0.4 is 0 Å². The molecule has 0 aliphatic rings. The minimum atomic E-state index is -1.40. The first-order chi connectivity index (χ1) is 4.61. The maximum absolute atomic E-state index is 12.2. The van der Waals surface area contributed by atoms with E-state index in [2.05, 4.69) is 4.98 Å². The van der Waals surface area contributed by atoms with Crippen molar-refractivity contribution in [1.82, 2.24) is 4.98 Å². The zero-order valence-corrected chi connectivity index (χ0v) is 5.29. The number of hydrogen-bond donors (Lipinski definition) is 0. The van der Waals surface area contributed by atoms with Crippen molar-refractivity contribution < 1.29 is 13.2 Å². The van der Waals surface area contributed by atoms with Gasteiger partial charge in [-0.1, -0.05) is 11.6 Å². The van der Waals surface area contributed by atoms with Crippen LogP contribution in [-0.2, 0) is 0 Å². The summed E-state index contributed by atoms with van der Waals surface area (Å²) in [6.07, 6.45) is 0. The number of halogens is 4. The molecule has 0 N–H and O–H groups in total. The standard InChI is InChI=1S/C5HClF3N/c6-4-2(7)1-3(8)5(9)10-4/h1H. The summed E-state index contributed by atoms with van der Waals surface area (Å²) in [6, 6.07) is 0.338. The lowest BCUT2D eigenvalue weighted by Crippen LogP contribution is -1.92. The van der Waals surface area contributed by atoms with E-state index >= 15 is 0 Å². The number of rotatable bonds is 0. The van der Waals surface area contributed by atoms with E-state index in [4.69, 9.17) is 11.6 Å². The fourth-order valence-electron chi connectivity index (χ4n) is 0.423. The van der Waals surface area contributed by atoms with Crippen molar-refractivity contribution in [2.75, 3.05) is 0 Å². The van der Waals surface area contributed by atoms with Crippen molar-refractivity contribution in [1.29, 1.82) is 0 Å². The van der Waals surface area contributed by atoms with Crippen LogP contribution in [-0.4, -0.2) is 4.98 Å². The van der Waals surface area contributed by atoms with Crippen molar-refractivity contribution >= 4 is 11.6 Å². The molecule has 1 rings (SSSR count). The third kappa shape index (κ3) is 1.21. The Morgan fingerprint density at radius 2 is 1.80 bits per heavy atom. The van der Waals surface area contributed by atoms with Crippen LogP contribution in [0.5, 0.6) is 0 Å². The Labute approximate surface area is 59.5 Å². The Hall–Kier alpha value is -0.770. The monoisotopic (exact) mass is 167 g/mol. The Bertz CT molecular complexity index is 213. The summed E-state index contributed by atoms with van der Waals surface area (Å²) in [5, 5.41) is -0.668. The molecule has 0 aromatic carbocycles. The predicted octanol–water partition coefficient (Wildman–Crippen LogP) is 2.15. The van der Waals surface area contributed by atoms with Gasteiger partial charge in [0.05, 0.1) is 0 Å². The van der Waals surface area contributed by atoms with E-state index in [0.29, 0.717) is 6.07 Å². The Morgan fingerprint density at radius 1 is 1.20 bits per heavy atom. The Balaban J connectivity index is 3.28. The number of pyridine rings is 1. The second-order valence-electron chi connectivity index (χ2n) is 1.53. The van der Waals surface area contributed by atoms with Crippen LogP contribution in [0.25, 0.3) is 0 Å². The second kappa shape index (κ2) is 2.46. The molecule has 0 fully saturated rings. The molecule has 54 valence electrons. The average Bonchev–Trinajstić information content (AvgIpc) is 1.84. The summed E-state index contributed by atoms with van der Waals surface area (Å²) in [5.41, 5.74) is 0. The molecular formula is C5HClF3N. The zero-order valence-electron chi connectivity index (χ0n) is 4.54. The first kappa shape index (κ1) is 7.34. The summed E-state index contributed by atoms with van der Waals surface area (Å²) in [4.78, 5) is 2.72. The smallest absolute Gasteiger partial charge is 0.203 e. The molecule has 0 radical (unpaired) electrons. The van der Waals surface area contributed by atoms with Crippen LogP contribution >= 0.6 is 11.6 Å². The molecule has 0 amide bonds. The highest BCUT2D eigenvalue weighted by Crippen LogP contribution is 2.13. The third-order valence-electron chi connectivity index (χ3n) is 0.844. The van der Waals surface area contributed by atoms with Gasteiger partial charge in [-0.15, -0.1) is 0 Å². The van der Waals surface area contributed by atoms with Gasteiger partial charge in [0.2, 0.25) is 0 Å². The van der Waals surface area contributed by atoms with Crippen LogP contribution in [0.1, 0.15) is 0 Å². The summed E-state index contributed by atoms with van der Waals surface area (Å²) >= 11 is 4.99. The molecule has 1 heterocycles. The molecule has 0 aliphatic heterocycles. The van der Waals surface area contributed by atoms with Gasteiger partial charge in [-0.3, -0.25) is 0 Å². The summed E-state index contributed by atoms with van der Waals surface area (Å²) in [7, 11) is 0. The number of hydrogen-bond acceptors (Lipinski definition) is 1. The van der Waals surface area contributed by atoms with Crippen LogP contribution in [0.15, 0.2) is 6.07 Å². The first-order valence-electron chi connectivity index (χ1n) is 2.28. The molecule has 0 aliphatic carbocycles. The average molecular weight is 168 g/mol. The van der Waals surface area contributed by atoms with Crippen LogP contribution in [0.3, 0.4) is 0 Å². The molecule has 0 saturated heterocycles. The molecule has 0 saturated carbocycles. The van der Waals surface area contributed by atoms with E-state index in [0.717, 1.165) is 0 Å².